The number of aryl methyl sites for hydroxylation is 1. The summed E-state index contributed by atoms with van der Waals surface area (Å²) in [6, 6.07) is 18.9. The third-order valence-corrected chi connectivity index (χ3v) is 8.68. The van der Waals surface area contributed by atoms with Gasteiger partial charge in [0.1, 0.15) is 11.5 Å². The maximum absolute atomic E-state index is 14.1. The van der Waals surface area contributed by atoms with Crippen LogP contribution in [0.3, 0.4) is 0 Å². The topological polar surface area (TPSA) is 84.0 Å². The summed E-state index contributed by atoms with van der Waals surface area (Å²) in [5.74, 6) is -1.79. The largest absolute Gasteiger partial charge is 0.495 e. The van der Waals surface area contributed by atoms with Crippen molar-refractivity contribution in [1.29, 1.82) is 0 Å². The lowest BCUT2D eigenvalue weighted by Crippen LogP contribution is -2.54. The van der Waals surface area contributed by atoms with Crippen molar-refractivity contribution >= 4 is 44.6 Å². The molecular weight excluding hydrogens is 476 g/mol. The maximum atomic E-state index is 14.1. The molecule has 0 aliphatic carbocycles. The molecule has 1 saturated heterocycles. The van der Waals surface area contributed by atoms with Crippen molar-refractivity contribution in [2.45, 2.75) is 18.3 Å². The highest BCUT2D eigenvalue weighted by atomic mass is 35.5. The van der Waals surface area contributed by atoms with Gasteiger partial charge >= 0.3 is 0 Å². The first-order valence-corrected chi connectivity index (χ1v) is 12.6. The number of nitrogens with zero attached hydrogens (tertiary/aromatic N) is 2. The zero-order chi connectivity index (χ0) is 24.3. The molecule has 5 rings (SSSR count). The summed E-state index contributed by atoms with van der Waals surface area (Å²) >= 11 is 6.30. The predicted octanol–water partition coefficient (Wildman–Crippen LogP) is 3.82. The van der Waals surface area contributed by atoms with E-state index in [-0.39, 0.29) is 22.8 Å². The van der Waals surface area contributed by atoms with E-state index in [1.165, 1.54) is 24.1 Å². The maximum Gasteiger partial charge on any atom is 0.274 e. The van der Waals surface area contributed by atoms with Crippen LogP contribution in [0.25, 0.3) is 0 Å². The lowest BCUT2D eigenvalue weighted by Gasteiger charge is -2.32. The van der Waals surface area contributed by atoms with Gasteiger partial charge in [0.05, 0.1) is 24.4 Å². The van der Waals surface area contributed by atoms with Crippen LogP contribution in [-0.4, -0.2) is 33.1 Å². The Hall–Kier alpha value is -3.36. The molecule has 3 aromatic carbocycles. The molecule has 1 spiro atoms. The van der Waals surface area contributed by atoms with Crippen LogP contribution in [0.1, 0.15) is 16.7 Å². The van der Waals surface area contributed by atoms with Crippen molar-refractivity contribution in [3.8, 4) is 5.75 Å². The fraction of sp³-hybridized carbons (Fsp3) is 0.200. The molecule has 0 N–H and O–H groups in total. The van der Waals surface area contributed by atoms with Crippen LogP contribution in [0.2, 0.25) is 5.02 Å². The van der Waals surface area contributed by atoms with Gasteiger partial charge in [0, 0.05) is 11.3 Å². The number of carbonyl (C=O) groups is 2. The summed E-state index contributed by atoms with van der Waals surface area (Å²) < 4.78 is 32.5. The fourth-order valence-electron chi connectivity index (χ4n) is 4.72. The highest BCUT2D eigenvalue weighted by Crippen LogP contribution is 2.53. The molecule has 1 atom stereocenters. The fourth-order valence-corrected chi connectivity index (χ4v) is 7.00. The zero-order valence-corrected chi connectivity index (χ0v) is 20.1. The summed E-state index contributed by atoms with van der Waals surface area (Å²) in [6.07, 6.45) is 0. The smallest absolute Gasteiger partial charge is 0.274 e. The Kier molecular flexibility index (Phi) is 5.18. The third kappa shape index (κ3) is 3.05. The number of carbonyl (C=O) groups excluding carboxylic acids is 2. The number of sulfone groups is 1. The van der Waals surface area contributed by atoms with Gasteiger partial charge in [-0.1, -0.05) is 59.6 Å². The number of rotatable bonds is 4. The minimum atomic E-state index is -4.25. The van der Waals surface area contributed by atoms with Gasteiger partial charge in [-0.05, 0) is 36.8 Å². The van der Waals surface area contributed by atoms with Gasteiger partial charge in [-0.2, -0.15) is 0 Å². The standard InChI is InChI=1S/C25H21ClN2O5S/c1-16-7-9-17(10-8-16)14-27-21-6-4-3-5-19(21)25(24(27)30)28(23(29)15-34(25,31)32)18-11-12-22(33-2)20(26)13-18/h3-13H,14-15H2,1-2H3. The summed E-state index contributed by atoms with van der Waals surface area (Å²) in [7, 11) is -2.79. The van der Waals surface area contributed by atoms with Crippen LogP contribution in [0.5, 0.6) is 5.75 Å². The van der Waals surface area contributed by atoms with Gasteiger partial charge in [-0.15, -0.1) is 0 Å². The van der Waals surface area contributed by atoms with Crippen molar-refractivity contribution in [2.24, 2.45) is 0 Å². The van der Waals surface area contributed by atoms with Crippen LogP contribution < -0.4 is 14.5 Å². The van der Waals surface area contributed by atoms with Crippen LogP contribution >= 0.6 is 11.6 Å². The normalized spacial score (nSPS) is 20.8. The highest BCUT2D eigenvalue weighted by molar-refractivity contribution is 7.94. The Morgan fingerprint density at radius 1 is 1.03 bits per heavy atom. The number of methoxy groups -OCH3 is 1. The van der Waals surface area contributed by atoms with Crippen LogP contribution in [0, 0.1) is 6.92 Å². The number of hydrogen-bond donors (Lipinski definition) is 0. The number of amides is 2. The van der Waals surface area contributed by atoms with E-state index in [0.717, 1.165) is 16.0 Å². The van der Waals surface area contributed by atoms with E-state index in [9.17, 15) is 18.0 Å². The molecule has 1 fully saturated rings. The molecule has 7 nitrogen and oxygen atoms in total. The lowest BCUT2D eigenvalue weighted by atomic mass is 10.0. The third-order valence-electron chi connectivity index (χ3n) is 6.28. The zero-order valence-electron chi connectivity index (χ0n) is 18.5. The van der Waals surface area contributed by atoms with E-state index in [4.69, 9.17) is 16.3 Å². The van der Waals surface area contributed by atoms with Gasteiger partial charge < -0.3 is 9.64 Å². The molecule has 9 heteroatoms. The van der Waals surface area contributed by atoms with Gasteiger partial charge in [0.15, 0.2) is 9.84 Å². The molecule has 3 aromatic rings. The highest BCUT2D eigenvalue weighted by Gasteiger charge is 2.69. The number of benzene rings is 3. The van der Waals surface area contributed by atoms with Crippen molar-refractivity contribution in [2.75, 3.05) is 22.7 Å². The molecule has 2 heterocycles. The second kappa shape index (κ2) is 7.85. The van der Waals surface area contributed by atoms with Crippen LogP contribution in [-0.2, 0) is 30.8 Å². The Morgan fingerprint density at radius 3 is 2.41 bits per heavy atom. The average Bonchev–Trinajstić information content (AvgIpc) is 3.18. The van der Waals surface area contributed by atoms with Gasteiger partial charge in [0.25, 0.3) is 10.8 Å². The van der Waals surface area contributed by atoms with E-state index >= 15 is 0 Å². The molecule has 1 unspecified atom stereocenters. The first-order valence-electron chi connectivity index (χ1n) is 10.6. The number of anilines is 2. The number of halogens is 1. The quantitative estimate of drug-likeness (QED) is 0.548. The molecule has 0 saturated carbocycles. The van der Waals surface area contributed by atoms with Crippen LogP contribution in [0.15, 0.2) is 66.7 Å². The first kappa shape index (κ1) is 22.4. The van der Waals surface area contributed by atoms with Crippen molar-refractivity contribution in [3.05, 3.63) is 88.4 Å². The molecule has 2 amide bonds. The van der Waals surface area contributed by atoms with E-state index in [0.29, 0.717) is 11.4 Å². The van der Waals surface area contributed by atoms with E-state index < -0.39 is 32.3 Å². The molecule has 2 aliphatic rings. The molecule has 174 valence electrons. The molecule has 0 bridgehead atoms. The number of hydrogen-bond acceptors (Lipinski definition) is 5. The van der Waals surface area contributed by atoms with Gasteiger partial charge in [0.2, 0.25) is 5.91 Å². The lowest BCUT2D eigenvalue weighted by molar-refractivity contribution is -0.123. The summed E-state index contributed by atoms with van der Waals surface area (Å²) in [4.78, 5) is 27.6. The van der Waals surface area contributed by atoms with E-state index in [1.807, 2.05) is 31.2 Å². The Labute approximate surface area is 202 Å². The second-order valence-electron chi connectivity index (χ2n) is 8.35. The Balaban J connectivity index is 1.72. The minimum Gasteiger partial charge on any atom is -0.495 e. The monoisotopic (exact) mass is 496 g/mol. The number of para-hydroxylation sites is 1. The van der Waals surface area contributed by atoms with Crippen molar-refractivity contribution in [1.82, 2.24) is 0 Å². The van der Waals surface area contributed by atoms with E-state index in [2.05, 4.69) is 0 Å². The van der Waals surface area contributed by atoms with Crippen molar-refractivity contribution < 1.29 is 22.7 Å². The summed E-state index contributed by atoms with van der Waals surface area (Å²) in [6.45, 7) is 2.13. The minimum absolute atomic E-state index is 0.165. The molecule has 0 radical (unpaired) electrons. The molecular formula is C25H21ClN2O5S. The SMILES string of the molecule is COc1ccc(N2C(=O)CS(=O)(=O)C23C(=O)N(Cc2ccc(C)cc2)c2ccccc23)cc1Cl. The summed E-state index contributed by atoms with van der Waals surface area (Å²) in [5.41, 5.74) is 2.82. The van der Waals surface area contributed by atoms with E-state index in [1.54, 1.807) is 30.3 Å². The predicted molar refractivity (Wildman–Crippen MR) is 130 cm³/mol. The molecule has 2 aliphatic heterocycles. The average molecular weight is 497 g/mol. The Morgan fingerprint density at radius 2 is 1.74 bits per heavy atom. The molecule has 0 aromatic heterocycles. The Bertz CT molecular complexity index is 1440. The first-order chi connectivity index (χ1) is 16.2. The van der Waals surface area contributed by atoms with Crippen LogP contribution in [0.4, 0.5) is 11.4 Å². The second-order valence-corrected chi connectivity index (χ2v) is 10.9. The van der Waals surface area contributed by atoms with Gasteiger partial charge in [-0.25, -0.2) is 8.42 Å². The van der Waals surface area contributed by atoms with Gasteiger partial charge in [-0.3, -0.25) is 14.5 Å². The van der Waals surface area contributed by atoms with Crippen molar-refractivity contribution in [3.63, 3.8) is 0 Å². The molecule has 34 heavy (non-hydrogen) atoms. The summed E-state index contributed by atoms with van der Waals surface area (Å²) in [5, 5.41) is 0.197. The number of fused-ring (bicyclic) bond motifs is 2. The number of ether oxygens (including phenoxy) is 1.